The predicted octanol–water partition coefficient (Wildman–Crippen LogP) is 2.85. The second kappa shape index (κ2) is 5.60. The molecule has 0 radical (unpaired) electrons. The first-order valence-electron chi connectivity index (χ1n) is 7.99. The minimum Gasteiger partial charge on any atom is -0.454 e. The Bertz CT molecular complexity index is 597. The first-order chi connectivity index (χ1) is 10.7. The molecule has 1 fully saturated rings. The quantitative estimate of drug-likeness (QED) is 0.784. The van der Waals surface area contributed by atoms with E-state index in [1.165, 1.54) is 0 Å². The molecule has 3 N–H and O–H groups in total. The van der Waals surface area contributed by atoms with Crippen molar-refractivity contribution in [3.63, 3.8) is 0 Å². The van der Waals surface area contributed by atoms with Crippen LogP contribution >= 0.6 is 0 Å². The minimum atomic E-state index is -0.192. The number of rotatable bonds is 2. The van der Waals surface area contributed by atoms with Gasteiger partial charge in [0.1, 0.15) is 0 Å². The van der Waals surface area contributed by atoms with Crippen molar-refractivity contribution < 1.29 is 14.3 Å². The van der Waals surface area contributed by atoms with Gasteiger partial charge in [0.25, 0.3) is 0 Å². The maximum Gasteiger partial charge on any atom is 0.319 e. The van der Waals surface area contributed by atoms with Gasteiger partial charge in [-0.1, -0.05) is 0 Å². The fourth-order valence-corrected chi connectivity index (χ4v) is 3.75. The van der Waals surface area contributed by atoms with Crippen molar-refractivity contribution in [2.45, 2.75) is 57.7 Å². The van der Waals surface area contributed by atoms with Crippen LogP contribution in [0.15, 0.2) is 18.2 Å². The Labute approximate surface area is 136 Å². The summed E-state index contributed by atoms with van der Waals surface area (Å²) in [6.07, 6.45) is 1.79. The molecule has 2 aliphatic heterocycles. The molecule has 0 spiro atoms. The fourth-order valence-electron chi connectivity index (χ4n) is 3.75. The highest BCUT2D eigenvalue weighted by molar-refractivity contribution is 5.89. The highest BCUT2D eigenvalue weighted by Gasteiger charge is 2.38. The number of piperidine rings is 1. The van der Waals surface area contributed by atoms with E-state index in [1.807, 2.05) is 6.07 Å². The number of ether oxygens (including phenoxy) is 2. The largest absolute Gasteiger partial charge is 0.454 e. The standard InChI is InChI=1S/C17H25N3O3/c1-16(2)8-12(9-17(3,4)20-16)19-15(21)18-11-5-6-13-14(7-11)23-10-22-13/h5-7,12,20H,8-10H2,1-4H3,(H2,18,19,21). The van der Waals surface area contributed by atoms with Crippen LogP contribution in [0.3, 0.4) is 0 Å². The van der Waals surface area contributed by atoms with Crippen molar-refractivity contribution in [3.05, 3.63) is 18.2 Å². The SMILES string of the molecule is CC1(C)CC(NC(=O)Nc2ccc3c(c2)OCO3)CC(C)(C)N1. The Kier molecular flexibility index (Phi) is 3.88. The molecule has 1 saturated heterocycles. The number of fused-ring (bicyclic) bond motifs is 1. The molecule has 6 heteroatoms. The van der Waals surface area contributed by atoms with Gasteiger partial charge in [-0.25, -0.2) is 4.79 Å². The average molecular weight is 319 g/mol. The van der Waals surface area contributed by atoms with Crippen molar-refractivity contribution in [1.82, 2.24) is 10.6 Å². The molecule has 0 aromatic heterocycles. The number of anilines is 1. The number of carbonyl (C=O) groups excluding carboxylic acids is 1. The lowest BCUT2D eigenvalue weighted by Gasteiger charge is -2.46. The van der Waals surface area contributed by atoms with E-state index >= 15 is 0 Å². The van der Waals surface area contributed by atoms with Gasteiger partial charge < -0.3 is 25.4 Å². The van der Waals surface area contributed by atoms with Gasteiger partial charge in [0.15, 0.2) is 11.5 Å². The Hall–Kier alpha value is -1.95. The Balaban J connectivity index is 1.61. The van der Waals surface area contributed by atoms with Gasteiger partial charge in [-0.15, -0.1) is 0 Å². The van der Waals surface area contributed by atoms with E-state index < -0.39 is 0 Å². The monoisotopic (exact) mass is 319 g/mol. The van der Waals surface area contributed by atoms with Gasteiger partial charge in [-0.05, 0) is 52.7 Å². The zero-order valence-electron chi connectivity index (χ0n) is 14.2. The summed E-state index contributed by atoms with van der Waals surface area (Å²) < 4.78 is 10.6. The van der Waals surface area contributed by atoms with Gasteiger partial charge in [-0.3, -0.25) is 0 Å². The summed E-state index contributed by atoms with van der Waals surface area (Å²) in [6, 6.07) is 5.33. The second-order valence-corrected chi connectivity index (χ2v) is 7.66. The molecule has 0 aliphatic carbocycles. The number of nitrogens with one attached hydrogen (secondary N) is 3. The molecular weight excluding hydrogens is 294 g/mol. The Morgan fingerprint density at radius 2 is 1.78 bits per heavy atom. The van der Waals surface area contributed by atoms with E-state index in [0.29, 0.717) is 17.2 Å². The molecule has 3 rings (SSSR count). The molecule has 23 heavy (non-hydrogen) atoms. The van der Waals surface area contributed by atoms with Gasteiger partial charge in [-0.2, -0.15) is 0 Å². The number of hydrogen-bond donors (Lipinski definition) is 3. The summed E-state index contributed by atoms with van der Waals surface area (Å²) >= 11 is 0. The maximum absolute atomic E-state index is 12.3. The van der Waals surface area contributed by atoms with E-state index in [0.717, 1.165) is 12.8 Å². The maximum atomic E-state index is 12.3. The third-order valence-corrected chi connectivity index (χ3v) is 4.16. The summed E-state index contributed by atoms with van der Waals surface area (Å²) in [5.74, 6) is 1.37. The molecule has 2 amide bonds. The van der Waals surface area contributed by atoms with Crippen molar-refractivity contribution in [3.8, 4) is 11.5 Å². The van der Waals surface area contributed by atoms with Gasteiger partial charge in [0.05, 0.1) is 0 Å². The molecule has 0 unspecified atom stereocenters. The lowest BCUT2D eigenvalue weighted by atomic mass is 9.80. The molecule has 0 bridgehead atoms. The molecule has 126 valence electrons. The summed E-state index contributed by atoms with van der Waals surface area (Å²) in [7, 11) is 0. The number of hydrogen-bond acceptors (Lipinski definition) is 4. The number of benzene rings is 1. The van der Waals surface area contributed by atoms with Gasteiger partial charge >= 0.3 is 6.03 Å². The van der Waals surface area contributed by atoms with Crippen LogP contribution in [0.1, 0.15) is 40.5 Å². The van der Waals surface area contributed by atoms with Crippen LogP contribution in [-0.4, -0.2) is 29.9 Å². The number of urea groups is 1. The van der Waals surface area contributed by atoms with Gasteiger partial charge in [0, 0.05) is 28.9 Å². The van der Waals surface area contributed by atoms with E-state index in [4.69, 9.17) is 9.47 Å². The fraction of sp³-hybridized carbons (Fsp3) is 0.588. The molecule has 0 atom stereocenters. The topological polar surface area (TPSA) is 71.6 Å². The van der Waals surface area contributed by atoms with Crippen LogP contribution in [0.4, 0.5) is 10.5 Å². The normalized spacial score (nSPS) is 21.7. The third kappa shape index (κ3) is 3.88. The second-order valence-electron chi connectivity index (χ2n) is 7.66. The van der Waals surface area contributed by atoms with Crippen LogP contribution in [-0.2, 0) is 0 Å². The lowest BCUT2D eigenvalue weighted by molar-refractivity contribution is 0.149. The molecule has 6 nitrogen and oxygen atoms in total. The zero-order chi connectivity index (χ0) is 16.7. The van der Waals surface area contributed by atoms with E-state index in [1.54, 1.807) is 12.1 Å². The number of amides is 2. The number of carbonyl (C=O) groups is 1. The first kappa shape index (κ1) is 15.9. The van der Waals surface area contributed by atoms with Crippen LogP contribution in [0.25, 0.3) is 0 Å². The molecule has 2 aliphatic rings. The van der Waals surface area contributed by atoms with E-state index in [-0.39, 0.29) is 29.9 Å². The molecule has 1 aromatic rings. The summed E-state index contributed by atoms with van der Waals surface area (Å²) in [6.45, 7) is 8.89. The average Bonchev–Trinajstić information content (AvgIpc) is 2.81. The van der Waals surface area contributed by atoms with Crippen LogP contribution in [0.5, 0.6) is 11.5 Å². The first-order valence-corrected chi connectivity index (χ1v) is 7.99. The summed E-state index contributed by atoms with van der Waals surface area (Å²) in [5, 5.41) is 9.56. The van der Waals surface area contributed by atoms with Crippen molar-refractivity contribution in [2.24, 2.45) is 0 Å². The van der Waals surface area contributed by atoms with Crippen LogP contribution in [0, 0.1) is 0 Å². The zero-order valence-corrected chi connectivity index (χ0v) is 14.2. The molecular formula is C17H25N3O3. The Morgan fingerprint density at radius 3 is 2.48 bits per heavy atom. The minimum absolute atomic E-state index is 0.00154. The lowest BCUT2D eigenvalue weighted by Crippen LogP contribution is -2.62. The van der Waals surface area contributed by atoms with Crippen molar-refractivity contribution in [2.75, 3.05) is 12.1 Å². The Morgan fingerprint density at radius 1 is 1.13 bits per heavy atom. The summed E-state index contributed by atoms with van der Waals surface area (Å²) in [5.41, 5.74) is 0.691. The third-order valence-electron chi connectivity index (χ3n) is 4.16. The van der Waals surface area contributed by atoms with Crippen LogP contribution in [0.2, 0.25) is 0 Å². The van der Waals surface area contributed by atoms with E-state index in [2.05, 4.69) is 43.6 Å². The molecule has 2 heterocycles. The predicted molar refractivity (Wildman–Crippen MR) is 89.0 cm³/mol. The molecule has 0 saturated carbocycles. The highest BCUT2D eigenvalue weighted by atomic mass is 16.7. The smallest absolute Gasteiger partial charge is 0.319 e. The van der Waals surface area contributed by atoms with Crippen LogP contribution < -0.4 is 25.4 Å². The summed E-state index contributed by atoms with van der Waals surface area (Å²) in [4.78, 5) is 12.3. The van der Waals surface area contributed by atoms with Gasteiger partial charge in [0.2, 0.25) is 6.79 Å². The molecule has 1 aromatic carbocycles. The highest BCUT2D eigenvalue weighted by Crippen LogP contribution is 2.34. The van der Waals surface area contributed by atoms with Crippen molar-refractivity contribution >= 4 is 11.7 Å². The van der Waals surface area contributed by atoms with E-state index in [9.17, 15) is 4.79 Å². The van der Waals surface area contributed by atoms with Crippen molar-refractivity contribution in [1.29, 1.82) is 0 Å².